The van der Waals surface area contributed by atoms with Gasteiger partial charge in [0, 0.05) is 17.9 Å². The predicted octanol–water partition coefficient (Wildman–Crippen LogP) is 3.05. The number of nitrogens with zero attached hydrogens (tertiary/aromatic N) is 2. The number of aliphatic carboxylic acids is 1. The van der Waals surface area contributed by atoms with Crippen molar-refractivity contribution in [3.63, 3.8) is 0 Å². The lowest BCUT2D eigenvalue weighted by Gasteiger charge is -2.12. The number of thiocarbonyl (C=S) groups is 1. The van der Waals surface area contributed by atoms with Gasteiger partial charge in [-0.05, 0) is 37.5 Å². The Morgan fingerprint density at radius 2 is 2.09 bits per heavy atom. The summed E-state index contributed by atoms with van der Waals surface area (Å²) in [7, 11) is 0. The van der Waals surface area contributed by atoms with E-state index in [0.717, 1.165) is 40.2 Å². The van der Waals surface area contributed by atoms with E-state index in [1.165, 1.54) is 0 Å². The summed E-state index contributed by atoms with van der Waals surface area (Å²) >= 11 is 6.26. The maximum atomic E-state index is 12.3. The van der Waals surface area contributed by atoms with E-state index in [0.29, 0.717) is 15.1 Å². The Balaban J connectivity index is 2.31. The number of hydrogen-bond acceptors (Lipinski definition) is 4. The van der Waals surface area contributed by atoms with Crippen molar-refractivity contribution in [2.24, 2.45) is 5.92 Å². The van der Waals surface area contributed by atoms with Gasteiger partial charge in [-0.2, -0.15) is 0 Å². The number of hydrogen-bond donors (Lipinski definition) is 1. The van der Waals surface area contributed by atoms with Crippen LogP contribution >= 0.6 is 24.0 Å². The molecule has 1 aliphatic rings. The molecule has 1 aliphatic heterocycles. The molecule has 1 N–H and O–H groups in total. The van der Waals surface area contributed by atoms with Crippen molar-refractivity contribution in [2.75, 3.05) is 6.54 Å². The molecule has 0 saturated carbocycles. The van der Waals surface area contributed by atoms with Crippen molar-refractivity contribution in [1.29, 1.82) is 0 Å². The highest BCUT2D eigenvalue weighted by atomic mass is 32.2. The molecule has 1 fully saturated rings. The van der Waals surface area contributed by atoms with Gasteiger partial charge in [0.05, 0.1) is 4.91 Å². The topological polar surface area (TPSA) is 62.5 Å². The van der Waals surface area contributed by atoms with Crippen LogP contribution in [0.4, 0.5) is 0 Å². The van der Waals surface area contributed by atoms with Gasteiger partial charge in [0.2, 0.25) is 0 Å². The number of carbonyl (C=O) groups excluding carboxylic acids is 1. The minimum Gasteiger partial charge on any atom is -0.480 e. The first-order chi connectivity index (χ1) is 10.7. The number of carboxylic acids is 1. The van der Waals surface area contributed by atoms with Crippen LogP contribution in [0.25, 0.3) is 6.08 Å². The first-order valence-corrected chi connectivity index (χ1v) is 8.57. The van der Waals surface area contributed by atoms with Crippen LogP contribution in [0.15, 0.2) is 11.0 Å². The zero-order chi connectivity index (χ0) is 17.3. The number of rotatable bonds is 5. The average molecular weight is 352 g/mol. The number of amides is 1. The molecule has 7 heteroatoms. The van der Waals surface area contributed by atoms with E-state index in [1.54, 1.807) is 6.08 Å². The predicted molar refractivity (Wildman–Crippen MR) is 96.3 cm³/mol. The molecule has 2 rings (SSSR count). The molecule has 0 unspecified atom stereocenters. The Morgan fingerprint density at radius 3 is 2.65 bits per heavy atom. The van der Waals surface area contributed by atoms with Crippen molar-refractivity contribution in [2.45, 2.75) is 34.2 Å². The lowest BCUT2D eigenvalue weighted by Crippen LogP contribution is -2.33. The second kappa shape index (κ2) is 6.88. The molecular weight excluding hydrogens is 332 g/mol. The SMILES string of the molecule is Cc1cc(C=C2SC(=S)N(CC(=O)O)C2=O)c(C)n1CC(C)C. The van der Waals surface area contributed by atoms with E-state index in [2.05, 4.69) is 18.4 Å². The Hall–Kier alpha value is -1.60. The fraction of sp³-hybridized carbons (Fsp3) is 0.438. The molecule has 23 heavy (non-hydrogen) atoms. The van der Waals surface area contributed by atoms with E-state index in [9.17, 15) is 9.59 Å². The minimum absolute atomic E-state index is 0.291. The highest BCUT2D eigenvalue weighted by Crippen LogP contribution is 2.33. The Bertz CT molecular complexity index is 704. The summed E-state index contributed by atoms with van der Waals surface area (Å²) in [5.41, 5.74) is 3.21. The van der Waals surface area contributed by atoms with Crippen molar-refractivity contribution >= 4 is 46.3 Å². The molecule has 0 aliphatic carbocycles. The molecule has 124 valence electrons. The quantitative estimate of drug-likeness (QED) is 0.652. The highest BCUT2D eigenvalue weighted by molar-refractivity contribution is 8.26. The Labute approximate surface area is 145 Å². The largest absolute Gasteiger partial charge is 0.480 e. The Morgan fingerprint density at radius 1 is 1.43 bits per heavy atom. The van der Waals surface area contributed by atoms with Crippen molar-refractivity contribution in [3.05, 3.63) is 27.9 Å². The van der Waals surface area contributed by atoms with Crippen LogP contribution in [0.1, 0.15) is 30.8 Å². The summed E-state index contributed by atoms with van der Waals surface area (Å²) < 4.78 is 2.52. The number of aryl methyl sites for hydroxylation is 1. The maximum absolute atomic E-state index is 12.3. The van der Waals surface area contributed by atoms with E-state index in [-0.39, 0.29) is 5.91 Å². The lowest BCUT2D eigenvalue weighted by atomic mass is 10.2. The second-order valence-corrected chi connectivity index (χ2v) is 7.67. The lowest BCUT2D eigenvalue weighted by molar-refractivity contribution is -0.140. The zero-order valence-electron chi connectivity index (χ0n) is 13.6. The number of aromatic nitrogens is 1. The second-order valence-electron chi connectivity index (χ2n) is 5.99. The summed E-state index contributed by atoms with van der Waals surface area (Å²) in [4.78, 5) is 24.7. The standard InChI is InChI=1S/C16H20N2O3S2/c1-9(2)7-17-10(3)5-12(11(17)4)6-13-15(21)18(8-14(19)20)16(22)23-13/h5-6,9H,7-8H2,1-4H3,(H,19,20). The molecule has 5 nitrogen and oxygen atoms in total. The first kappa shape index (κ1) is 17.7. The number of carboxylic acid groups (broad SMARTS) is 1. The van der Waals surface area contributed by atoms with Crippen LogP contribution in [-0.2, 0) is 16.1 Å². The van der Waals surface area contributed by atoms with Crippen LogP contribution in [0, 0.1) is 19.8 Å². The molecule has 0 radical (unpaired) electrons. The van der Waals surface area contributed by atoms with Gasteiger partial charge < -0.3 is 9.67 Å². The summed E-state index contributed by atoms with van der Waals surface area (Å²) in [5.74, 6) is -0.879. The van der Waals surface area contributed by atoms with Crippen LogP contribution in [0.2, 0.25) is 0 Å². The van der Waals surface area contributed by atoms with E-state index < -0.39 is 12.5 Å². The molecule has 1 aromatic rings. The van der Waals surface area contributed by atoms with Gasteiger partial charge in [-0.15, -0.1) is 0 Å². The molecule has 0 atom stereocenters. The van der Waals surface area contributed by atoms with Crippen molar-refractivity contribution < 1.29 is 14.7 Å². The monoisotopic (exact) mass is 352 g/mol. The van der Waals surface area contributed by atoms with E-state index in [1.807, 2.05) is 19.9 Å². The third-order valence-corrected chi connectivity index (χ3v) is 4.99. The molecule has 1 saturated heterocycles. The molecule has 1 amide bonds. The first-order valence-electron chi connectivity index (χ1n) is 7.34. The van der Waals surface area contributed by atoms with Crippen molar-refractivity contribution in [3.8, 4) is 0 Å². The van der Waals surface area contributed by atoms with Gasteiger partial charge in [0.25, 0.3) is 5.91 Å². The summed E-state index contributed by atoms with van der Waals surface area (Å²) in [6.07, 6.45) is 1.81. The van der Waals surface area contributed by atoms with E-state index in [4.69, 9.17) is 17.3 Å². The highest BCUT2D eigenvalue weighted by Gasteiger charge is 2.33. The molecule has 1 aromatic heterocycles. The Kier molecular flexibility index (Phi) is 5.31. The van der Waals surface area contributed by atoms with Crippen LogP contribution < -0.4 is 0 Å². The molecule has 2 heterocycles. The summed E-state index contributed by atoms with van der Waals surface area (Å²) in [6, 6.07) is 2.04. The van der Waals surface area contributed by atoms with Crippen LogP contribution in [-0.4, -0.2) is 37.3 Å². The van der Waals surface area contributed by atoms with Crippen molar-refractivity contribution in [1.82, 2.24) is 9.47 Å². The maximum Gasteiger partial charge on any atom is 0.323 e. The molecular formula is C16H20N2O3S2. The van der Waals surface area contributed by atoms with Gasteiger partial charge >= 0.3 is 5.97 Å². The minimum atomic E-state index is -1.07. The number of thioether (sulfide) groups is 1. The van der Waals surface area contributed by atoms with Crippen LogP contribution in [0.3, 0.4) is 0 Å². The van der Waals surface area contributed by atoms with E-state index >= 15 is 0 Å². The van der Waals surface area contributed by atoms with Gasteiger partial charge in [0.15, 0.2) is 0 Å². The van der Waals surface area contributed by atoms with Gasteiger partial charge in [0.1, 0.15) is 10.9 Å². The van der Waals surface area contributed by atoms with Gasteiger partial charge in [-0.3, -0.25) is 14.5 Å². The summed E-state index contributed by atoms with van der Waals surface area (Å²) in [5, 5.41) is 8.87. The van der Waals surface area contributed by atoms with Gasteiger partial charge in [-0.25, -0.2) is 0 Å². The molecule has 0 aromatic carbocycles. The van der Waals surface area contributed by atoms with Crippen LogP contribution in [0.5, 0.6) is 0 Å². The average Bonchev–Trinajstić information content (AvgIpc) is 2.83. The third-order valence-electron chi connectivity index (χ3n) is 3.61. The molecule has 0 bridgehead atoms. The fourth-order valence-corrected chi connectivity index (χ4v) is 3.78. The van der Waals surface area contributed by atoms with Gasteiger partial charge in [-0.1, -0.05) is 37.8 Å². The molecule has 0 spiro atoms. The summed E-state index contributed by atoms with van der Waals surface area (Å²) in [6.45, 7) is 8.92. The normalized spacial score (nSPS) is 16.9. The third kappa shape index (κ3) is 3.84. The fourth-order valence-electron chi connectivity index (χ4n) is 2.53. The number of carbonyl (C=O) groups is 2. The zero-order valence-corrected chi connectivity index (χ0v) is 15.3. The smallest absolute Gasteiger partial charge is 0.323 e.